The van der Waals surface area contributed by atoms with Gasteiger partial charge in [0.15, 0.2) is 0 Å². The van der Waals surface area contributed by atoms with Gasteiger partial charge in [-0.25, -0.2) is 0 Å². The highest BCUT2D eigenvalue weighted by molar-refractivity contribution is 6.08. The molecular weight excluding hydrogens is 330 g/mol. The summed E-state index contributed by atoms with van der Waals surface area (Å²) in [5.41, 5.74) is 13.6. The maximum atomic E-state index is 7.92. The highest BCUT2D eigenvalue weighted by Gasteiger charge is 2.13. The number of nitrogens with one attached hydrogen (secondary N) is 2. The minimum absolute atomic E-state index is 0. The monoisotopic (exact) mass is 351 g/mol. The Balaban J connectivity index is 0.00000225. The zero-order valence-electron chi connectivity index (χ0n) is 14.3. The molecule has 2 aromatic carbocycles. The van der Waals surface area contributed by atoms with E-state index in [-0.39, 0.29) is 12.4 Å². The first-order valence-electron chi connectivity index (χ1n) is 7.92. The second kappa shape index (κ2) is 7.86. The predicted molar refractivity (Wildman–Crippen MR) is 111 cm³/mol. The summed E-state index contributed by atoms with van der Waals surface area (Å²) < 4.78 is 0. The molecule has 0 spiro atoms. The van der Waals surface area contributed by atoms with Gasteiger partial charge in [-0.05, 0) is 71.2 Å². The number of halogens is 1. The third-order valence-electron chi connectivity index (χ3n) is 4.15. The molecule has 4 heteroatoms. The van der Waals surface area contributed by atoms with Gasteiger partial charge in [-0.3, -0.25) is 0 Å². The minimum atomic E-state index is 0. The molecule has 25 heavy (non-hydrogen) atoms. The van der Waals surface area contributed by atoms with E-state index >= 15 is 0 Å². The van der Waals surface area contributed by atoms with Crippen molar-refractivity contribution in [1.82, 2.24) is 0 Å². The van der Waals surface area contributed by atoms with E-state index in [9.17, 15) is 0 Å². The van der Waals surface area contributed by atoms with E-state index in [1.807, 2.05) is 62.5 Å². The quantitative estimate of drug-likeness (QED) is 0.676. The summed E-state index contributed by atoms with van der Waals surface area (Å²) in [7, 11) is 1.92. The minimum Gasteiger partial charge on any atom is -0.399 e. The fourth-order valence-electron chi connectivity index (χ4n) is 2.80. The third-order valence-corrected chi connectivity index (χ3v) is 4.15. The number of nitrogen functional groups attached to an aromatic ring is 1. The molecule has 0 radical (unpaired) electrons. The molecule has 0 saturated carbocycles. The van der Waals surface area contributed by atoms with E-state index in [4.69, 9.17) is 11.1 Å². The van der Waals surface area contributed by atoms with E-state index < -0.39 is 0 Å². The molecule has 0 unspecified atom stereocenters. The van der Waals surface area contributed by atoms with Crippen molar-refractivity contribution in [3.63, 3.8) is 0 Å². The zero-order chi connectivity index (χ0) is 17.1. The number of hydrogen-bond donors (Lipinski definition) is 3. The fourth-order valence-corrected chi connectivity index (χ4v) is 2.80. The molecule has 0 saturated heterocycles. The second-order valence-corrected chi connectivity index (χ2v) is 5.86. The van der Waals surface area contributed by atoms with Gasteiger partial charge in [0, 0.05) is 18.4 Å². The van der Waals surface area contributed by atoms with Gasteiger partial charge < -0.3 is 16.5 Å². The summed E-state index contributed by atoms with van der Waals surface area (Å²) in [4.78, 5) is 0. The molecule has 0 aromatic heterocycles. The number of benzene rings is 2. The van der Waals surface area contributed by atoms with Crippen molar-refractivity contribution in [2.45, 2.75) is 6.92 Å². The fraction of sp³-hybridized carbons (Fsp3) is 0.0952. The van der Waals surface area contributed by atoms with Crippen LogP contribution in [0.2, 0.25) is 0 Å². The molecule has 3 nitrogen and oxygen atoms in total. The summed E-state index contributed by atoms with van der Waals surface area (Å²) in [6.45, 7) is 1.97. The number of allylic oxidation sites excluding steroid dienone is 5. The predicted octanol–water partition coefficient (Wildman–Crippen LogP) is 5.07. The van der Waals surface area contributed by atoms with Crippen LogP contribution in [0.1, 0.15) is 18.1 Å². The first kappa shape index (κ1) is 18.6. The van der Waals surface area contributed by atoms with Crippen molar-refractivity contribution in [2.75, 3.05) is 18.1 Å². The molecule has 2 aromatic rings. The van der Waals surface area contributed by atoms with Crippen LogP contribution in [-0.4, -0.2) is 12.8 Å². The second-order valence-electron chi connectivity index (χ2n) is 5.86. The van der Waals surface area contributed by atoms with Gasteiger partial charge in [0.1, 0.15) is 0 Å². The number of hydrogen-bond acceptors (Lipinski definition) is 3. The Bertz CT molecular complexity index is 874. The Labute approximate surface area is 154 Å². The van der Waals surface area contributed by atoms with Crippen LogP contribution in [0, 0.1) is 5.41 Å². The van der Waals surface area contributed by atoms with Crippen molar-refractivity contribution in [1.29, 1.82) is 5.41 Å². The van der Waals surface area contributed by atoms with Gasteiger partial charge in [-0.1, -0.05) is 30.3 Å². The van der Waals surface area contributed by atoms with Crippen molar-refractivity contribution in [3.05, 3.63) is 89.0 Å². The maximum Gasteiger partial charge on any atom is 0.0569 e. The van der Waals surface area contributed by atoms with Gasteiger partial charge >= 0.3 is 0 Å². The van der Waals surface area contributed by atoms with Crippen molar-refractivity contribution >= 4 is 35.1 Å². The molecule has 0 atom stereocenters. The van der Waals surface area contributed by atoms with E-state index in [1.165, 1.54) is 0 Å². The van der Waals surface area contributed by atoms with E-state index in [0.29, 0.717) is 5.71 Å². The molecular formula is C21H22ClN3. The van der Waals surface area contributed by atoms with Crippen LogP contribution in [0.25, 0.3) is 5.57 Å². The van der Waals surface area contributed by atoms with Crippen molar-refractivity contribution in [2.24, 2.45) is 0 Å². The zero-order valence-corrected chi connectivity index (χ0v) is 15.2. The van der Waals surface area contributed by atoms with Crippen LogP contribution in [0.15, 0.2) is 77.9 Å². The molecule has 0 heterocycles. The van der Waals surface area contributed by atoms with E-state index in [1.54, 1.807) is 0 Å². The number of anilines is 2. The molecule has 0 amide bonds. The van der Waals surface area contributed by atoms with E-state index in [0.717, 1.165) is 39.2 Å². The lowest BCUT2D eigenvalue weighted by atomic mass is 9.89. The van der Waals surface area contributed by atoms with Crippen LogP contribution in [0.4, 0.5) is 11.4 Å². The van der Waals surface area contributed by atoms with Crippen molar-refractivity contribution in [3.8, 4) is 0 Å². The van der Waals surface area contributed by atoms with Gasteiger partial charge in [0.05, 0.1) is 5.71 Å². The lowest BCUT2D eigenvalue weighted by molar-refractivity contribution is 1.41. The molecule has 0 bridgehead atoms. The summed E-state index contributed by atoms with van der Waals surface area (Å²) >= 11 is 0. The molecule has 128 valence electrons. The number of rotatable bonds is 3. The SMILES string of the molecule is CNc1cccc(C(=C2C=CC(=N)C(C)=C2)c2ccc(N)cc2)c1.Cl. The summed E-state index contributed by atoms with van der Waals surface area (Å²) in [6, 6.07) is 16.3. The molecule has 3 rings (SSSR count). The summed E-state index contributed by atoms with van der Waals surface area (Å²) in [5, 5.41) is 11.1. The largest absolute Gasteiger partial charge is 0.399 e. The average molecular weight is 352 g/mol. The highest BCUT2D eigenvalue weighted by Crippen LogP contribution is 2.32. The summed E-state index contributed by atoms with van der Waals surface area (Å²) in [5.74, 6) is 0. The Morgan fingerprint density at radius 1 is 1.00 bits per heavy atom. The lowest BCUT2D eigenvalue weighted by Crippen LogP contribution is -2.02. The van der Waals surface area contributed by atoms with Gasteiger partial charge in [0.2, 0.25) is 0 Å². The Kier molecular flexibility index (Phi) is 5.84. The Hall–Kier alpha value is -2.78. The topological polar surface area (TPSA) is 61.9 Å². The van der Waals surface area contributed by atoms with Crippen LogP contribution in [-0.2, 0) is 0 Å². The van der Waals surface area contributed by atoms with E-state index in [2.05, 4.69) is 23.5 Å². The van der Waals surface area contributed by atoms with Crippen LogP contribution >= 0.6 is 12.4 Å². The smallest absolute Gasteiger partial charge is 0.0569 e. The maximum absolute atomic E-state index is 7.92. The van der Waals surface area contributed by atoms with Crippen LogP contribution in [0.5, 0.6) is 0 Å². The lowest BCUT2D eigenvalue weighted by Gasteiger charge is -2.16. The third kappa shape index (κ3) is 4.01. The average Bonchev–Trinajstić information content (AvgIpc) is 2.60. The first-order valence-corrected chi connectivity index (χ1v) is 7.92. The molecule has 1 aliphatic rings. The van der Waals surface area contributed by atoms with Gasteiger partial charge in [0.25, 0.3) is 0 Å². The standard InChI is InChI=1S/C21H21N3.ClH/c1-14-12-17(8-11-20(14)23)21(15-6-9-18(22)10-7-15)16-4-3-5-19(13-16)24-2;/h3-13,23-24H,22H2,1-2H3;1H. The Morgan fingerprint density at radius 3 is 2.36 bits per heavy atom. The van der Waals surface area contributed by atoms with Crippen molar-refractivity contribution < 1.29 is 0 Å². The number of nitrogens with two attached hydrogens (primary N) is 1. The van der Waals surface area contributed by atoms with Crippen LogP contribution in [0.3, 0.4) is 0 Å². The summed E-state index contributed by atoms with van der Waals surface area (Å²) in [6.07, 6.45) is 5.93. The highest BCUT2D eigenvalue weighted by atomic mass is 35.5. The molecule has 0 aliphatic heterocycles. The van der Waals surface area contributed by atoms with Crippen LogP contribution < -0.4 is 11.1 Å². The normalized spacial score (nSPS) is 15.3. The van der Waals surface area contributed by atoms with Gasteiger partial charge in [-0.2, -0.15) is 0 Å². The molecule has 0 fully saturated rings. The molecule has 4 N–H and O–H groups in total. The Morgan fingerprint density at radius 2 is 1.72 bits per heavy atom. The first-order chi connectivity index (χ1) is 11.6. The van der Waals surface area contributed by atoms with Gasteiger partial charge in [-0.15, -0.1) is 12.4 Å². The molecule has 1 aliphatic carbocycles.